The Morgan fingerprint density at radius 3 is 1.11 bits per heavy atom. The van der Waals surface area contributed by atoms with E-state index in [9.17, 15) is 15.3 Å². The van der Waals surface area contributed by atoms with Gasteiger partial charge in [-0.25, -0.2) is 4.98 Å². The summed E-state index contributed by atoms with van der Waals surface area (Å²) in [4.78, 5) is 35.1. The standard InChI is InChI=1S/C12H23N3.C12H26N2O.C12H25NO2.C11H26N2.C10H21NO2.3C10H23NO2.2C9H21NO.C8H19NO/c1-11(2)15(12(3)4)8-5-7-14-9-6-13-10-14;1-11(2)14(12(3)4)6-5-13-7-9-15-10-8-13;1-9(2)13(10(3)4)7-11-8-14-12(5,6)15-11;1-10(2)12(5)8-7-9-13(6)11(3)4;1-4-10(6-12,7-13)11-8(2)5-9(11)3;1-8(2)11(9(3)4)7-10(12-5)13-6;1-8(2)11(9(3)4)5-10(6-12)7-13;1-9(2)11(10(3)4)5-7-13-8-6-12;1-8(2)10(9(3)4)6-7-11-5;1-7(2)10(8(3)4)6-9(5)11;1-4-9(8(2)3)6-5-7-10/h6,9-12H,5,7-8H2,1-4H3;11-12H,5-10H2,1-4H3;9-11H,7-8H2,1-6H3;10-11H,7-9H2,1-6H3;8-9,12-13H,4-7H2,1-3H3;8-10H,7H2,1-6H3;8-10,12-13H,5-7H2,1-4H3;9-10,12H,5-8H2,1-4H3;8-9H,6-7H2,1-5H3;7-9,11H,6H2,1-5H3;8,10H,4-7H2,1-3H3/t;;;;;;;;;9-;/m.........0./s1. The molecule has 1 aromatic heterocycles. The molecule has 4 heterocycles. The molecule has 0 amide bonds. The van der Waals surface area contributed by atoms with Crippen LogP contribution in [-0.4, -0.2) is 479 Å². The number of likely N-dealkylation sites (tertiary alicyclic amines) is 1. The van der Waals surface area contributed by atoms with Crippen molar-refractivity contribution in [3.05, 3.63) is 18.7 Å². The number of ether oxygens (including phenoxy) is 7. The quantitative estimate of drug-likeness (QED) is 0.0236. The molecular formula is C113H251N15O14. The molecule has 0 bridgehead atoms. The number of imidazole rings is 1. The van der Waals surface area contributed by atoms with Gasteiger partial charge in [0.05, 0.1) is 83.5 Å². The molecule has 3 aliphatic heterocycles. The van der Waals surface area contributed by atoms with Crippen molar-refractivity contribution in [3.8, 4) is 0 Å². The number of aryl methyl sites for hydroxylation is 1. The largest absolute Gasteiger partial charge is 0.396 e. The van der Waals surface area contributed by atoms with Crippen molar-refractivity contribution >= 4 is 0 Å². The normalized spacial score (nSPS) is 16.2. The van der Waals surface area contributed by atoms with E-state index in [-0.39, 0.29) is 57.5 Å². The molecule has 0 spiro atoms. The molecule has 29 nitrogen and oxygen atoms in total. The number of hydrogen-bond donors (Lipinski definition) is 7. The van der Waals surface area contributed by atoms with Gasteiger partial charge in [0, 0.05) is 271 Å². The van der Waals surface area contributed by atoms with Gasteiger partial charge in [-0.05, 0) is 364 Å². The SMILES string of the molecule is CC(C)N(C)CCCN(C)C(C)C.CC(C)N(CC(CO)CO)C(C)C.CC(C)N(CC1COC(C)(C)O1)C(C)C.CC(C)N(CCCn1ccnc1)C(C)C.CC(C)N(CCN1CCOCC1)C(C)C.CC(C)N(CCOCCO)C(C)C.CC(C)N(C[C@H](C)O)C(C)C.CCC(CO)(CO)N1C(C)CC1C.CCN(CCCO)C(C)C.COC(CN(C(C)C)C(C)C)OC.COCCN(C(C)C)C(C)C. The van der Waals surface area contributed by atoms with E-state index >= 15 is 0 Å². The van der Waals surface area contributed by atoms with E-state index in [0.29, 0.717) is 153 Å². The zero-order valence-electron chi connectivity index (χ0n) is 103. The lowest BCUT2D eigenvalue weighted by Crippen LogP contribution is -2.67. The van der Waals surface area contributed by atoms with Gasteiger partial charge in [0.2, 0.25) is 0 Å². The third-order valence-electron chi connectivity index (χ3n) is 26.8. The molecule has 3 aliphatic rings. The predicted molar refractivity (Wildman–Crippen MR) is 609 cm³/mol. The van der Waals surface area contributed by atoms with Crippen molar-refractivity contribution in [1.29, 1.82) is 0 Å². The Labute approximate surface area is 881 Å². The highest BCUT2D eigenvalue weighted by Crippen LogP contribution is 2.35. The van der Waals surface area contributed by atoms with E-state index < -0.39 is 11.3 Å². The molecule has 3 unspecified atom stereocenters. The van der Waals surface area contributed by atoms with Gasteiger partial charge in [0.1, 0.15) is 0 Å². The number of hydrogen-bond acceptors (Lipinski definition) is 28. The maximum atomic E-state index is 9.35. The van der Waals surface area contributed by atoms with Crippen molar-refractivity contribution in [1.82, 2.24) is 73.2 Å². The zero-order valence-corrected chi connectivity index (χ0v) is 103. The fourth-order valence-electron chi connectivity index (χ4n) is 18.0. The second-order valence-corrected chi connectivity index (χ2v) is 45.1. The van der Waals surface area contributed by atoms with Crippen LogP contribution in [0.5, 0.6) is 0 Å². The maximum absolute atomic E-state index is 9.35. The summed E-state index contributed by atoms with van der Waals surface area (Å²) in [7, 11) is 9.49. The first-order chi connectivity index (χ1) is 66.0. The lowest BCUT2D eigenvalue weighted by Gasteiger charge is -2.55. The molecule has 29 heteroatoms. The fraction of sp³-hybridized carbons (Fsp3) is 0.973. The fourth-order valence-corrected chi connectivity index (χ4v) is 18.0. The van der Waals surface area contributed by atoms with Crippen LogP contribution in [0, 0.1) is 5.92 Å². The first-order valence-corrected chi connectivity index (χ1v) is 56.0. The van der Waals surface area contributed by atoms with Crippen LogP contribution >= 0.6 is 0 Å². The first kappa shape index (κ1) is 153. The van der Waals surface area contributed by atoms with E-state index in [4.69, 9.17) is 53.6 Å². The molecule has 862 valence electrons. The highest BCUT2D eigenvalue weighted by molar-refractivity contribution is 5.01. The van der Waals surface area contributed by atoms with Crippen LogP contribution in [0.15, 0.2) is 18.7 Å². The Bertz CT molecular complexity index is 2650. The van der Waals surface area contributed by atoms with Gasteiger partial charge in [-0.3, -0.25) is 49.0 Å². The number of methoxy groups -OCH3 is 3. The second-order valence-electron chi connectivity index (χ2n) is 45.1. The van der Waals surface area contributed by atoms with Gasteiger partial charge in [-0.2, -0.15) is 0 Å². The average Bonchev–Trinajstić information content (AvgIpc) is 0.881. The molecule has 0 radical (unpaired) electrons. The van der Waals surface area contributed by atoms with Gasteiger partial charge < -0.3 is 88.2 Å². The van der Waals surface area contributed by atoms with Crippen LogP contribution < -0.4 is 0 Å². The Morgan fingerprint density at radius 1 is 0.430 bits per heavy atom. The highest BCUT2D eigenvalue weighted by Gasteiger charge is 2.46. The molecule has 4 atom stereocenters. The summed E-state index contributed by atoms with van der Waals surface area (Å²) in [5.41, 5.74) is -0.392. The minimum Gasteiger partial charge on any atom is -0.396 e. The van der Waals surface area contributed by atoms with Gasteiger partial charge in [-0.1, -0.05) is 13.8 Å². The van der Waals surface area contributed by atoms with E-state index in [0.717, 1.165) is 111 Å². The van der Waals surface area contributed by atoms with Gasteiger partial charge >= 0.3 is 0 Å². The Hall–Kier alpha value is -1.87. The van der Waals surface area contributed by atoms with Gasteiger partial charge in [0.15, 0.2) is 12.1 Å². The van der Waals surface area contributed by atoms with Crippen molar-refractivity contribution in [2.45, 2.75) is 507 Å². The summed E-state index contributed by atoms with van der Waals surface area (Å²) >= 11 is 0. The van der Waals surface area contributed by atoms with Crippen LogP contribution in [0.1, 0.15) is 344 Å². The van der Waals surface area contributed by atoms with Crippen molar-refractivity contribution in [2.24, 2.45) is 5.92 Å². The Kier molecular flexibility index (Phi) is 97.7. The monoisotopic (exact) mass is 2040 g/mol. The summed E-state index contributed by atoms with van der Waals surface area (Å²) in [6.45, 7) is 120. The van der Waals surface area contributed by atoms with Crippen LogP contribution in [0.25, 0.3) is 0 Å². The number of aliphatic hydroxyl groups excluding tert-OH is 7. The number of aromatic nitrogens is 2. The third kappa shape index (κ3) is 76.6. The van der Waals surface area contributed by atoms with E-state index in [1.54, 1.807) is 21.3 Å². The first-order valence-electron chi connectivity index (χ1n) is 56.0. The molecule has 7 N–H and O–H groups in total. The molecule has 142 heavy (non-hydrogen) atoms. The lowest BCUT2D eigenvalue weighted by molar-refractivity contribution is -0.141. The van der Waals surface area contributed by atoms with E-state index in [2.05, 4.69) is 371 Å². The second kappa shape index (κ2) is 90.6. The number of nitrogens with zero attached hydrogens (tertiary/aromatic N) is 15. The molecule has 0 aliphatic carbocycles. The molecule has 1 aromatic rings. The minimum absolute atomic E-state index is 0.00944. The number of morpholine rings is 1. The Balaban J connectivity index is -0.000000283. The van der Waals surface area contributed by atoms with Crippen LogP contribution in [-0.2, 0) is 39.7 Å². The summed E-state index contributed by atoms with van der Waals surface area (Å²) in [5.74, 6) is -0.408. The predicted octanol–water partition coefficient (Wildman–Crippen LogP) is 16.6. The molecule has 4 rings (SSSR count). The third-order valence-corrected chi connectivity index (χ3v) is 26.8. The van der Waals surface area contributed by atoms with Crippen molar-refractivity contribution < 1.29 is 68.9 Å². The Morgan fingerprint density at radius 2 is 0.817 bits per heavy atom. The minimum atomic E-state index is -0.399. The maximum Gasteiger partial charge on any atom is 0.169 e. The van der Waals surface area contributed by atoms with Crippen molar-refractivity contribution in [2.75, 3.05) is 213 Å². The van der Waals surface area contributed by atoms with E-state index in [1.165, 1.54) is 45.4 Å². The molecular weight excluding hydrogens is 1790 g/mol. The summed E-state index contributed by atoms with van der Waals surface area (Å²) < 4.78 is 39.4. The van der Waals surface area contributed by atoms with E-state index in [1.807, 2.05) is 46.4 Å². The lowest BCUT2D eigenvalue weighted by atomic mass is 9.84. The summed E-state index contributed by atoms with van der Waals surface area (Å²) in [6.07, 6.45) is 10.9. The molecule has 0 saturated carbocycles. The van der Waals surface area contributed by atoms with Crippen LogP contribution in [0.2, 0.25) is 0 Å². The topological polar surface area (TPSA) is 266 Å². The molecule has 3 saturated heterocycles. The van der Waals surface area contributed by atoms with Crippen LogP contribution in [0.4, 0.5) is 0 Å². The van der Waals surface area contributed by atoms with Gasteiger partial charge in [-0.15, -0.1) is 0 Å². The van der Waals surface area contributed by atoms with Gasteiger partial charge in [0.25, 0.3) is 0 Å². The summed E-state index contributed by atoms with van der Waals surface area (Å²) in [6, 6.07) is 11.9. The smallest absolute Gasteiger partial charge is 0.169 e. The average molecular weight is 2040 g/mol. The highest BCUT2D eigenvalue weighted by atomic mass is 16.7. The number of aliphatic hydroxyl groups is 7. The summed E-state index contributed by atoms with van der Waals surface area (Å²) in [5, 5.41) is 62.9. The zero-order chi connectivity index (χ0) is 112. The number of rotatable bonds is 58. The molecule has 3 fully saturated rings. The van der Waals surface area contributed by atoms with Crippen LogP contribution in [0.3, 0.4) is 0 Å². The van der Waals surface area contributed by atoms with Crippen molar-refractivity contribution in [3.63, 3.8) is 0 Å². The molecule has 0 aromatic carbocycles.